The molecule has 2 aromatic rings. The van der Waals surface area contributed by atoms with Crippen molar-refractivity contribution in [1.82, 2.24) is 0 Å². The summed E-state index contributed by atoms with van der Waals surface area (Å²) in [7, 11) is 0. The summed E-state index contributed by atoms with van der Waals surface area (Å²) in [4.78, 5) is 13.1. The number of nitrogens with zero attached hydrogens (tertiary/aromatic N) is 2. The first-order chi connectivity index (χ1) is 10.2. The van der Waals surface area contributed by atoms with Crippen LogP contribution in [0.15, 0.2) is 48.5 Å². The highest BCUT2D eigenvalue weighted by atomic mass is 16.6. The number of rotatable bonds is 4. The molecule has 0 bridgehead atoms. The second-order valence-electron chi connectivity index (χ2n) is 5.14. The fourth-order valence-electron chi connectivity index (χ4n) is 3.05. The van der Waals surface area contributed by atoms with Gasteiger partial charge in [0.05, 0.1) is 16.5 Å². The number of para-hydroxylation sites is 2. The van der Waals surface area contributed by atoms with Gasteiger partial charge in [0, 0.05) is 24.8 Å². The smallest absolute Gasteiger partial charge is 0.274 e. The van der Waals surface area contributed by atoms with Crippen LogP contribution in [0.5, 0.6) is 0 Å². The van der Waals surface area contributed by atoms with Crippen molar-refractivity contribution in [3.8, 4) is 0 Å². The van der Waals surface area contributed by atoms with Crippen LogP contribution in [0.1, 0.15) is 17.2 Å². The van der Waals surface area contributed by atoms with E-state index in [1.807, 2.05) is 18.2 Å². The summed E-state index contributed by atoms with van der Waals surface area (Å²) < 4.78 is 0. The number of hydrogen-bond donors (Lipinski definition) is 1. The summed E-state index contributed by atoms with van der Waals surface area (Å²) in [6, 6.07) is 14.9. The van der Waals surface area contributed by atoms with E-state index < -0.39 is 0 Å². The molecule has 1 heterocycles. The van der Waals surface area contributed by atoms with Gasteiger partial charge in [-0.05, 0) is 18.1 Å². The molecule has 0 aliphatic carbocycles. The molecule has 5 heteroatoms. The maximum Gasteiger partial charge on any atom is 0.274 e. The van der Waals surface area contributed by atoms with E-state index in [4.69, 9.17) is 5.73 Å². The lowest BCUT2D eigenvalue weighted by atomic mass is 10.0. The van der Waals surface area contributed by atoms with Gasteiger partial charge >= 0.3 is 0 Å². The number of fused-ring (bicyclic) bond motifs is 1. The van der Waals surface area contributed by atoms with Gasteiger partial charge < -0.3 is 10.6 Å². The van der Waals surface area contributed by atoms with E-state index in [1.54, 1.807) is 18.2 Å². The molecule has 5 nitrogen and oxygen atoms in total. The van der Waals surface area contributed by atoms with Crippen molar-refractivity contribution in [2.24, 2.45) is 5.73 Å². The standard InChI is InChI=1S/C16H17N3O2/c17-11-16(13-6-2-4-8-15(13)19(20)21)18-10-9-12-5-1-3-7-14(12)18/h1-8,16H,9-11,17H2. The molecule has 0 aromatic heterocycles. The summed E-state index contributed by atoms with van der Waals surface area (Å²) >= 11 is 0. The zero-order chi connectivity index (χ0) is 14.8. The first-order valence-electron chi connectivity index (χ1n) is 7.00. The lowest BCUT2D eigenvalue weighted by Gasteiger charge is -2.29. The van der Waals surface area contributed by atoms with Crippen molar-refractivity contribution >= 4 is 11.4 Å². The van der Waals surface area contributed by atoms with Crippen LogP contribution in [-0.4, -0.2) is 18.0 Å². The average molecular weight is 283 g/mol. The van der Waals surface area contributed by atoms with Gasteiger partial charge in [-0.1, -0.05) is 36.4 Å². The second kappa shape index (κ2) is 5.54. The number of nitro groups is 1. The lowest BCUT2D eigenvalue weighted by Crippen LogP contribution is -2.32. The van der Waals surface area contributed by atoms with Gasteiger partial charge in [-0.15, -0.1) is 0 Å². The summed E-state index contributed by atoms with van der Waals surface area (Å²) in [5.74, 6) is 0. The first-order valence-corrected chi connectivity index (χ1v) is 7.00. The predicted molar refractivity (Wildman–Crippen MR) is 82.4 cm³/mol. The van der Waals surface area contributed by atoms with E-state index in [-0.39, 0.29) is 16.7 Å². The average Bonchev–Trinajstić information content (AvgIpc) is 2.93. The highest BCUT2D eigenvalue weighted by Crippen LogP contribution is 2.37. The third kappa shape index (κ3) is 2.36. The Bertz CT molecular complexity index is 672. The molecular formula is C16H17N3O2. The van der Waals surface area contributed by atoms with Gasteiger partial charge in [-0.2, -0.15) is 0 Å². The molecule has 0 spiro atoms. The minimum Gasteiger partial charge on any atom is -0.362 e. The van der Waals surface area contributed by atoms with Gasteiger partial charge in [-0.25, -0.2) is 0 Å². The molecule has 3 rings (SSSR count). The number of hydrogen-bond acceptors (Lipinski definition) is 4. The zero-order valence-corrected chi connectivity index (χ0v) is 11.6. The van der Waals surface area contributed by atoms with Gasteiger partial charge in [0.15, 0.2) is 0 Å². The Labute approximate surface area is 123 Å². The van der Waals surface area contributed by atoms with Crippen LogP contribution >= 0.6 is 0 Å². The number of anilines is 1. The zero-order valence-electron chi connectivity index (χ0n) is 11.6. The Morgan fingerprint density at radius 3 is 2.67 bits per heavy atom. The van der Waals surface area contributed by atoms with Crippen molar-refractivity contribution in [3.63, 3.8) is 0 Å². The summed E-state index contributed by atoms with van der Waals surface area (Å²) in [6.07, 6.45) is 0.952. The van der Waals surface area contributed by atoms with Crippen LogP contribution in [0.4, 0.5) is 11.4 Å². The number of nitro benzene ring substituents is 1. The van der Waals surface area contributed by atoms with Crippen LogP contribution < -0.4 is 10.6 Å². The number of nitrogens with two attached hydrogens (primary N) is 1. The van der Waals surface area contributed by atoms with Crippen LogP contribution in [0.25, 0.3) is 0 Å². The molecule has 0 fully saturated rings. The summed E-state index contributed by atoms with van der Waals surface area (Å²) in [5, 5.41) is 11.2. The van der Waals surface area contributed by atoms with Crippen molar-refractivity contribution in [2.75, 3.05) is 18.0 Å². The molecule has 1 aliphatic heterocycles. The molecule has 0 saturated carbocycles. The van der Waals surface area contributed by atoms with Crippen LogP contribution in [0.2, 0.25) is 0 Å². The molecule has 21 heavy (non-hydrogen) atoms. The fourth-order valence-corrected chi connectivity index (χ4v) is 3.05. The lowest BCUT2D eigenvalue weighted by molar-refractivity contribution is -0.385. The molecular weight excluding hydrogens is 266 g/mol. The Hall–Kier alpha value is -2.40. The molecule has 2 aromatic carbocycles. The third-order valence-electron chi connectivity index (χ3n) is 4.02. The van der Waals surface area contributed by atoms with E-state index in [9.17, 15) is 10.1 Å². The van der Waals surface area contributed by atoms with Crippen LogP contribution in [0, 0.1) is 10.1 Å². The monoisotopic (exact) mass is 283 g/mol. The summed E-state index contributed by atoms with van der Waals surface area (Å²) in [6.45, 7) is 1.19. The van der Waals surface area contributed by atoms with E-state index >= 15 is 0 Å². The molecule has 1 atom stereocenters. The van der Waals surface area contributed by atoms with E-state index in [1.165, 1.54) is 5.56 Å². The molecule has 0 radical (unpaired) electrons. The Balaban J connectivity index is 2.03. The highest BCUT2D eigenvalue weighted by Gasteiger charge is 2.30. The quantitative estimate of drug-likeness (QED) is 0.691. The van der Waals surface area contributed by atoms with Crippen molar-refractivity contribution in [3.05, 3.63) is 69.8 Å². The van der Waals surface area contributed by atoms with Crippen molar-refractivity contribution in [2.45, 2.75) is 12.5 Å². The minimum absolute atomic E-state index is 0.136. The minimum atomic E-state index is -0.333. The van der Waals surface area contributed by atoms with Crippen molar-refractivity contribution < 1.29 is 4.92 Å². The van der Waals surface area contributed by atoms with Crippen molar-refractivity contribution in [1.29, 1.82) is 0 Å². The number of benzene rings is 2. The SMILES string of the molecule is NCC(c1ccccc1[N+](=O)[O-])N1CCc2ccccc21. The normalized spacial score (nSPS) is 14.8. The summed E-state index contributed by atoms with van der Waals surface area (Å²) in [5.41, 5.74) is 9.17. The Morgan fingerprint density at radius 2 is 1.90 bits per heavy atom. The predicted octanol–water partition coefficient (Wildman–Crippen LogP) is 2.66. The molecule has 2 N–H and O–H groups in total. The second-order valence-corrected chi connectivity index (χ2v) is 5.14. The third-order valence-corrected chi connectivity index (χ3v) is 4.02. The Morgan fingerprint density at radius 1 is 1.19 bits per heavy atom. The molecule has 108 valence electrons. The maximum absolute atomic E-state index is 11.2. The van der Waals surface area contributed by atoms with Gasteiger partial charge in [0.2, 0.25) is 0 Å². The van der Waals surface area contributed by atoms with E-state index in [2.05, 4.69) is 17.0 Å². The highest BCUT2D eigenvalue weighted by molar-refractivity contribution is 5.61. The van der Waals surface area contributed by atoms with E-state index in [0.717, 1.165) is 18.7 Å². The molecule has 0 amide bonds. The maximum atomic E-state index is 11.2. The largest absolute Gasteiger partial charge is 0.362 e. The van der Waals surface area contributed by atoms with Gasteiger partial charge in [0.1, 0.15) is 0 Å². The van der Waals surface area contributed by atoms with Gasteiger partial charge in [0.25, 0.3) is 5.69 Å². The topological polar surface area (TPSA) is 72.4 Å². The van der Waals surface area contributed by atoms with Crippen LogP contribution in [-0.2, 0) is 6.42 Å². The first kappa shape index (κ1) is 13.6. The fraction of sp³-hybridized carbons (Fsp3) is 0.250. The molecule has 0 saturated heterocycles. The van der Waals surface area contributed by atoms with Gasteiger partial charge in [-0.3, -0.25) is 10.1 Å². The van der Waals surface area contributed by atoms with E-state index in [0.29, 0.717) is 12.1 Å². The Kier molecular flexibility index (Phi) is 3.58. The van der Waals surface area contributed by atoms with Crippen LogP contribution in [0.3, 0.4) is 0 Å². The molecule has 1 unspecified atom stereocenters. The molecule has 1 aliphatic rings.